The number of aromatic nitrogens is 1. The fourth-order valence-electron chi connectivity index (χ4n) is 2.58. The predicted octanol–water partition coefficient (Wildman–Crippen LogP) is 2.73. The van der Waals surface area contributed by atoms with Crippen LogP contribution in [0.4, 0.5) is 13.2 Å². The largest absolute Gasteiger partial charge is 0.573 e. The van der Waals surface area contributed by atoms with Gasteiger partial charge >= 0.3 is 6.36 Å². The Kier molecular flexibility index (Phi) is 6.58. The van der Waals surface area contributed by atoms with E-state index in [0.29, 0.717) is 5.56 Å². The van der Waals surface area contributed by atoms with Gasteiger partial charge in [0, 0.05) is 0 Å². The van der Waals surface area contributed by atoms with Crippen LogP contribution >= 0.6 is 0 Å². The Hall–Kier alpha value is -2.60. The number of benzene rings is 1. The third kappa shape index (κ3) is 5.94. The molecule has 0 spiro atoms. The van der Waals surface area contributed by atoms with E-state index in [1.54, 1.807) is 6.92 Å². The molecule has 0 bridgehead atoms. The normalized spacial score (nSPS) is 14.3. The summed E-state index contributed by atoms with van der Waals surface area (Å²) in [5, 5.41) is 6.17. The number of alkyl halides is 3. The first-order valence-corrected chi connectivity index (χ1v) is 9.90. The van der Waals surface area contributed by atoms with Gasteiger partial charge < -0.3 is 14.6 Å². The fraction of sp³-hybridized carbons (Fsp3) is 0.412. The maximum absolute atomic E-state index is 12.5. The summed E-state index contributed by atoms with van der Waals surface area (Å²) in [7, 11) is -4.04. The Bertz CT molecular complexity index is 952. The zero-order valence-electron chi connectivity index (χ0n) is 16.0. The summed E-state index contributed by atoms with van der Waals surface area (Å²) in [6.07, 6.45) is -4.80. The first-order valence-electron chi connectivity index (χ1n) is 8.41. The number of carbonyl (C=O) groups excluding carboxylic acids is 1. The van der Waals surface area contributed by atoms with Gasteiger partial charge in [-0.2, -0.15) is 4.72 Å². The van der Waals surface area contributed by atoms with Crippen molar-refractivity contribution >= 4 is 15.9 Å². The first kappa shape index (κ1) is 22.7. The van der Waals surface area contributed by atoms with Gasteiger partial charge in [-0.3, -0.25) is 4.79 Å². The van der Waals surface area contributed by atoms with E-state index in [9.17, 15) is 26.4 Å². The molecule has 1 aromatic carbocycles. The van der Waals surface area contributed by atoms with Crippen LogP contribution in [0.15, 0.2) is 33.7 Å². The number of carbonyl (C=O) groups is 1. The topological polar surface area (TPSA) is 111 Å². The molecule has 1 heterocycles. The van der Waals surface area contributed by atoms with Crippen molar-refractivity contribution in [3.05, 3.63) is 41.3 Å². The minimum absolute atomic E-state index is 0.0946. The Morgan fingerprint density at radius 2 is 1.76 bits per heavy atom. The molecule has 1 amide bonds. The van der Waals surface area contributed by atoms with Crippen LogP contribution in [0.2, 0.25) is 0 Å². The molecule has 1 unspecified atom stereocenters. The number of hydrogen-bond donors (Lipinski definition) is 2. The molecular formula is C17H20F3N3O5S. The highest BCUT2D eigenvalue weighted by atomic mass is 32.2. The lowest BCUT2D eigenvalue weighted by molar-refractivity contribution is -0.274. The summed E-state index contributed by atoms with van der Waals surface area (Å²) in [4.78, 5) is 12.2. The van der Waals surface area contributed by atoms with Crippen molar-refractivity contribution < 1.29 is 35.6 Å². The SMILES string of the molecule is Cc1noc(C)c1S(=O)(=O)N[C@@H](C)C(=O)NC(C)c1ccc(OC(F)(F)F)cc1. The molecule has 2 rings (SSSR count). The van der Waals surface area contributed by atoms with E-state index < -0.39 is 34.4 Å². The number of hydrogen-bond acceptors (Lipinski definition) is 6. The first-order chi connectivity index (χ1) is 13.3. The van der Waals surface area contributed by atoms with Gasteiger partial charge in [-0.1, -0.05) is 17.3 Å². The molecule has 0 fully saturated rings. The van der Waals surface area contributed by atoms with Crippen LogP contribution in [0, 0.1) is 13.8 Å². The summed E-state index contributed by atoms with van der Waals surface area (Å²) in [5.74, 6) is -0.916. The molecule has 1 aromatic heterocycles. The standard InChI is InChI=1S/C17H20F3N3O5S/c1-9(13-5-7-14(8-6-13)27-17(18,19)20)21-16(24)11(3)23-29(25,26)15-10(2)22-28-12(15)4/h5-9,11,23H,1-4H3,(H,21,24)/t9?,11-/m0/s1. The molecule has 0 aliphatic rings. The number of rotatable bonds is 7. The number of halogens is 3. The molecular weight excluding hydrogens is 415 g/mol. The van der Waals surface area contributed by atoms with E-state index in [-0.39, 0.29) is 22.1 Å². The van der Waals surface area contributed by atoms with Crippen LogP contribution in [0.3, 0.4) is 0 Å². The minimum atomic E-state index is -4.80. The second kappa shape index (κ2) is 8.41. The van der Waals surface area contributed by atoms with Crippen molar-refractivity contribution in [2.75, 3.05) is 0 Å². The Morgan fingerprint density at radius 3 is 2.24 bits per heavy atom. The maximum Gasteiger partial charge on any atom is 0.573 e. The van der Waals surface area contributed by atoms with E-state index in [2.05, 4.69) is 19.9 Å². The Labute approximate surface area is 165 Å². The lowest BCUT2D eigenvalue weighted by atomic mass is 10.1. The van der Waals surface area contributed by atoms with E-state index in [1.807, 2.05) is 0 Å². The summed E-state index contributed by atoms with van der Waals surface area (Å²) < 4.78 is 72.4. The number of amides is 1. The van der Waals surface area contributed by atoms with E-state index in [4.69, 9.17) is 4.52 Å². The number of ether oxygens (including phenoxy) is 1. The number of nitrogens with zero attached hydrogens (tertiary/aromatic N) is 1. The molecule has 160 valence electrons. The molecule has 29 heavy (non-hydrogen) atoms. The average Bonchev–Trinajstić information content (AvgIpc) is 2.92. The highest BCUT2D eigenvalue weighted by Gasteiger charge is 2.31. The molecule has 0 saturated heterocycles. The highest BCUT2D eigenvalue weighted by molar-refractivity contribution is 7.89. The zero-order valence-corrected chi connectivity index (χ0v) is 16.8. The molecule has 0 aliphatic heterocycles. The Morgan fingerprint density at radius 1 is 1.17 bits per heavy atom. The van der Waals surface area contributed by atoms with Crippen molar-refractivity contribution in [1.29, 1.82) is 0 Å². The van der Waals surface area contributed by atoms with Crippen molar-refractivity contribution in [2.45, 2.75) is 51.0 Å². The van der Waals surface area contributed by atoms with Gasteiger partial charge in [0.25, 0.3) is 0 Å². The summed E-state index contributed by atoms with van der Waals surface area (Å²) in [6.45, 7) is 5.86. The molecule has 2 N–H and O–H groups in total. The van der Waals surface area contributed by atoms with Crippen molar-refractivity contribution in [2.24, 2.45) is 0 Å². The molecule has 0 saturated carbocycles. The number of aryl methyl sites for hydroxylation is 2. The van der Waals surface area contributed by atoms with Crippen LogP contribution in [0.1, 0.15) is 36.9 Å². The van der Waals surface area contributed by atoms with Crippen molar-refractivity contribution in [1.82, 2.24) is 15.2 Å². The van der Waals surface area contributed by atoms with Crippen molar-refractivity contribution in [3.8, 4) is 5.75 Å². The molecule has 0 aliphatic carbocycles. The van der Waals surface area contributed by atoms with Gasteiger partial charge in [0.05, 0.1) is 12.1 Å². The predicted molar refractivity (Wildman–Crippen MR) is 95.4 cm³/mol. The lowest BCUT2D eigenvalue weighted by Gasteiger charge is -2.19. The van der Waals surface area contributed by atoms with E-state index in [1.165, 1.54) is 32.9 Å². The molecule has 12 heteroatoms. The van der Waals surface area contributed by atoms with E-state index in [0.717, 1.165) is 12.1 Å². The van der Waals surface area contributed by atoms with Gasteiger partial charge in [0.2, 0.25) is 15.9 Å². The molecule has 2 aromatic rings. The summed E-state index contributed by atoms with van der Waals surface area (Å²) in [5.41, 5.74) is 0.672. The third-order valence-electron chi connectivity index (χ3n) is 3.93. The quantitative estimate of drug-likeness (QED) is 0.692. The van der Waals surface area contributed by atoms with Crippen LogP contribution in [0.25, 0.3) is 0 Å². The Balaban J connectivity index is 2.02. The second-order valence-corrected chi connectivity index (χ2v) is 7.99. The summed E-state index contributed by atoms with van der Waals surface area (Å²) >= 11 is 0. The number of sulfonamides is 1. The molecule has 2 atom stereocenters. The number of nitrogens with one attached hydrogen (secondary N) is 2. The van der Waals surface area contributed by atoms with Gasteiger partial charge in [0.15, 0.2) is 5.76 Å². The van der Waals surface area contributed by atoms with Crippen LogP contribution in [-0.4, -0.2) is 31.9 Å². The highest BCUT2D eigenvalue weighted by Crippen LogP contribution is 2.24. The molecule has 0 radical (unpaired) electrons. The average molecular weight is 435 g/mol. The van der Waals surface area contributed by atoms with Gasteiger partial charge in [0.1, 0.15) is 16.3 Å². The summed E-state index contributed by atoms with van der Waals surface area (Å²) in [6, 6.07) is 3.26. The van der Waals surface area contributed by atoms with E-state index >= 15 is 0 Å². The monoisotopic (exact) mass is 435 g/mol. The van der Waals surface area contributed by atoms with Crippen LogP contribution in [0.5, 0.6) is 5.75 Å². The fourth-order valence-corrected chi connectivity index (χ4v) is 4.12. The van der Waals surface area contributed by atoms with Gasteiger partial charge in [-0.25, -0.2) is 8.42 Å². The zero-order chi connectivity index (χ0) is 22.0. The minimum Gasteiger partial charge on any atom is -0.406 e. The van der Waals surface area contributed by atoms with Crippen LogP contribution in [-0.2, 0) is 14.8 Å². The maximum atomic E-state index is 12.5. The van der Waals surface area contributed by atoms with Crippen LogP contribution < -0.4 is 14.8 Å². The second-order valence-electron chi connectivity index (χ2n) is 6.34. The van der Waals surface area contributed by atoms with Gasteiger partial charge in [-0.05, 0) is 45.4 Å². The van der Waals surface area contributed by atoms with Gasteiger partial charge in [-0.15, -0.1) is 13.2 Å². The third-order valence-corrected chi connectivity index (χ3v) is 5.72. The lowest BCUT2D eigenvalue weighted by Crippen LogP contribution is -2.45. The van der Waals surface area contributed by atoms with Crippen molar-refractivity contribution in [3.63, 3.8) is 0 Å². The molecule has 8 nitrogen and oxygen atoms in total. The smallest absolute Gasteiger partial charge is 0.406 e.